The summed E-state index contributed by atoms with van der Waals surface area (Å²) in [5.41, 5.74) is 1.28. The zero-order valence-corrected chi connectivity index (χ0v) is 11.2. The Morgan fingerprint density at radius 1 is 1.00 bits per heavy atom. The Morgan fingerprint density at radius 2 is 1.71 bits per heavy atom. The van der Waals surface area contributed by atoms with Crippen molar-refractivity contribution in [2.45, 2.75) is 64.4 Å². The average Bonchev–Trinajstić information content (AvgIpc) is 2.37. The number of aliphatic hydroxyl groups is 1. The predicted molar refractivity (Wildman–Crippen MR) is 74.2 cm³/mol. The maximum atomic E-state index is 10.3. The zero-order chi connectivity index (χ0) is 12.5. The van der Waals surface area contributed by atoms with Gasteiger partial charge in [0.15, 0.2) is 0 Å². The SMILES string of the molecule is CCCCCCC(O)C(CC)c1ccccc1. The number of hydrogen-bond acceptors (Lipinski definition) is 1. The largest absolute Gasteiger partial charge is 0.392 e. The predicted octanol–water partition coefficient (Wildman–Crippen LogP) is 4.51. The quantitative estimate of drug-likeness (QED) is 0.656. The van der Waals surface area contributed by atoms with Crippen molar-refractivity contribution >= 4 is 0 Å². The highest BCUT2D eigenvalue weighted by Gasteiger charge is 2.18. The van der Waals surface area contributed by atoms with E-state index < -0.39 is 0 Å². The van der Waals surface area contributed by atoms with Crippen LogP contribution in [0.2, 0.25) is 0 Å². The minimum atomic E-state index is -0.181. The van der Waals surface area contributed by atoms with Crippen molar-refractivity contribution in [3.05, 3.63) is 35.9 Å². The Morgan fingerprint density at radius 3 is 2.29 bits per heavy atom. The third kappa shape index (κ3) is 4.91. The van der Waals surface area contributed by atoms with E-state index in [2.05, 4.69) is 38.1 Å². The zero-order valence-electron chi connectivity index (χ0n) is 11.2. The van der Waals surface area contributed by atoms with E-state index >= 15 is 0 Å². The lowest BCUT2D eigenvalue weighted by atomic mass is 9.88. The van der Waals surface area contributed by atoms with Gasteiger partial charge in [0.2, 0.25) is 0 Å². The van der Waals surface area contributed by atoms with E-state index in [4.69, 9.17) is 0 Å². The van der Waals surface area contributed by atoms with Crippen molar-refractivity contribution < 1.29 is 5.11 Å². The van der Waals surface area contributed by atoms with E-state index in [1.165, 1.54) is 24.8 Å². The summed E-state index contributed by atoms with van der Waals surface area (Å²) in [7, 11) is 0. The van der Waals surface area contributed by atoms with E-state index in [0.29, 0.717) is 5.92 Å². The van der Waals surface area contributed by atoms with Crippen molar-refractivity contribution in [1.82, 2.24) is 0 Å². The fourth-order valence-corrected chi connectivity index (χ4v) is 2.41. The molecule has 17 heavy (non-hydrogen) atoms. The molecule has 1 aromatic carbocycles. The molecule has 0 amide bonds. The minimum absolute atomic E-state index is 0.181. The van der Waals surface area contributed by atoms with Crippen LogP contribution in [0.15, 0.2) is 30.3 Å². The molecule has 1 rings (SSSR count). The van der Waals surface area contributed by atoms with Crippen LogP contribution in [0, 0.1) is 0 Å². The number of hydrogen-bond donors (Lipinski definition) is 1. The Hall–Kier alpha value is -0.820. The van der Waals surface area contributed by atoms with Gasteiger partial charge in [-0.2, -0.15) is 0 Å². The second-order valence-electron chi connectivity index (χ2n) is 4.84. The third-order valence-electron chi connectivity index (χ3n) is 3.49. The van der Waals surface area contributed by atoms with Crippen LogP contribution in [0.3, 0.4) is 0 Å². The molecule has 0 fully saturated rings. The first-order valence-electron chi connectivity index (χ1n) is 7.02. The van der Waals surface area contributed by atoms with Crippen molar-refractivity contribution in [1.29, 1.82) is 0 Å². The van der Waals surface area contributed by atoms with Crippen LogP contribution in [-0.4, -0.2) is 11.2 Å². The molecule has 1 aromatic rings. The summed E-state index contributed by atoms with van der Waals surface area (Å²) in [5, 5.41) is 10.3. The molecule has 1 N–H and O–H groups in total. The average molecular weight is 234 g/mol. The monoisotopic (exact) mass is 234 g/mol. The van der Waals surface area contributed by atoms with Crippen molar-refractivity contribution in [3.8, 4) is 0 Å². The highest BCUT2D eigenvalue weighted by molar-refractivity contribution is 5.20. The first-order valence-corrected chi connectivity index (χ1v) is 7.02. The lowest BCUT2D eigenvalue weighted by molar-refractivity contribution is 0.128. The van der Waals surface area contributed by atoms with E-state index in [1.807, 2.05) is 6.07 Å². The molecule has 0 aliphatic carbocycles. The molecule has 1 nitrogen and oxygen atoms in total. The summed E-state index contributed by atoms with van der Waals surface area (Å²) in [4.78, 5) is 0. The molecule has 1 heteroatoms. The molecule has 0 saturated heterocycles. The summed E-state index contributed by atoms with van der Waals surface area (Å²) >= 11 is 0. The molecule has 2 atom stereocenters. The molecule has 0 heterocycles. The van der Waals surface area contributed by atoms with Gasteiger partial charge in [0.05, 0.1) is 6.10 Å². The summed E-state index contributed by atoms with van der Waals surface area (Å²) in [5.74, 6) is 0.304. The fourth-order valence-electron chi connectivity index (χ4n) is 2.41. The van der Waals surface area contributed by atoms with Crippen molar-refractivity contribution in [2.75, 3.05) is 0 Å². The molecule has 0 bridgehead atoms. The van der Waals surface area contributed by atoms with Gasteiger partial charge < -0.3 is 5.11 Å². The van der Waals surface area contributed by atoms with Gasteiger partial charge in [-0.25, -0.2) is 0 Å². The Labute approximate surface area is 106 Å². The Bertz CT molecular complexity index is 281. The third-order valence-corrected chi connectivity index (χ3v) is 3.49. The number of unbranched alkanes of at least 4 members (excludes halogenated alkanes) is 3. The van der Waals surface area contributed by atoms with E-state index in [9.17, 15) is 5.11 Å². The standard InChI is InChI=1S/C16H26O/c1-3-5-6-10-13-16(17)15(4-2)14-11-8-7-9-12-14/h7-9,11-12,15-17H,3-6,10,13H2,1-2H3. The molecule has 0 radical (unpaired) electrons. The number of benzene rings is 1. The molecule has 0 spiro atoms. The maximum Gasteiger partial charge on any atom is 0.0608 e. The topological polar surface area (TPSA) is 20.2 Å². The number of rotatable bonds is 8. The summed E-state index contributed by atoms with van der Waals surface area (Å²) in [6.07, 6.45) is 6.71. The molecule has 0 aliphatic heterocycles. The van der Waals surface area contributed by atoms with Gasteiger partial charge in [0.1, 0.15) is 0 Å². The van der Waals surface area contributed by atoms with Gasteiger partial charge in [0.25, 0.3) is 0 Å². The van der Waals surface area contributed by atoms with Gasteiger partial charge in [0, 0.05) is 5.92 Å². The normalized spacial score (nSPS) is 14.5. The number of aliphatic hydroxyl groups excluding tert-OH is 1. The van der Waals surface area contributed by atoms with Crippen LogP contribution in [0.4, 0.5) is 0 Å². The summed E-state index contributed by atoms with van der Waals surface area (Å²) in [6, 6.07) is 10.4. The maximum absolute atomic E-state index is 10.3. The molecular weight excluding hydrogens is 208 g/mol. The lowest BCUT2D eigenvalue weighted by Crippen LogP contribution is -2.17. The van der Waals surface area contributed by atoms with Crippen LogP contribution in [-0.2, 0) is 0 Å². The highest BCUT2D eigenvalue weighted by Crippen LogP contribution is 2.26. The molecule has 0 aliphatic rings. The van der Waals surface area contributed by atoms with Crippen LogP contribution < -0.4 is 0 Å². The van der Waals surface area contributed by atoms with Crippen molar-refractivity contribution in [3.63, 3.8) is 0 Å². The van der Waals surface area contributed by atoms with Gasteiger partial charge in [-0.3, -0.25) is 0 Å². The van der Waals surface area contributed by atoms with Gasteiger partial charge in [-0.05, 0) is 18.4 Å². The van der Waals surface area contributed by atoms with Gasteiger partial charge in [-0.15, -0.1) is 0 Å². The Balaban J connectivity index is 2.44. The molecule has 2 unspecified atom stereocenters. The molecule has 0 saturated carbocycles. The van der Waals surface area contributed by atoms with Crippen LogP contribution >= 0.6 is 0 Å². The van der Waals surface area contributed by atoms with E-state index in [1.54, 1.807) is 0 Å². The molecule has 0 aromatic heterocycles. The first kappa shape index (κ1) is 14.2. The van der Waals surface area contributed by atoms with Crippen LogP contribution in [0.1, 0.15) is 63.9 Å². The summed E-state index contributed by atoms with van der Waals surface area (Å²) < 4.78 is 0. The van der Waals surface area contributed by atoms with E-state index in [-0.39, 0.29) is 6.10 Å². The molecule has 96 valence electrons. The second kappa shape index (κ2) is 8.30. The molecular formula is C16H26O. The minimum Gasteiger partial charge on any atom is -0.392 e. The second-order valence-corrected chi connectivity index (χ2v) is 4.84. The van der Waals surface area contributed by atoms with E-state index in [0.717, 1.165) is 19.3 Å². The smallest absolute Gasteiger partial charge is 0.0608 e. The lowest BCUT2D eigenvalue weighted by Gasteiger charge is -2.22. The van der Waals surface area contributed by atoms with Gasteiger partial charge in [-0.1, -0.05) is 69.9 Å². The highest BCUT2D eigenvalue weighted by atomic mass is 16.3. The first-order chi connectivity index (χ1) is 8.29. The van der Waals surface area contributed by atoms with Crippen LogP contribution in [0.5, 0.6) is 0 Å². The van der Waals surface area contributed by atoms with Gasteiger partial charge >= 0.3 is 0 Å². The van der Waals surface area contributed by atoms with Crippen molar-refractivity contribution in [2.24, 2.45) is 0 Å². The summed E-state index contributed by atoms with van der Waals surface area (Å²) in [6.45, 7) is 4.38. The fraction of sp³-hybridized carbons (Fsp3) is 0.625. The van der Waals surface area contributed by atoms with Crippen LogP contribution in [0.25, 0.3) is 0 Å². The Kier molecular flexibility index (Phi) is 6.95.